The van der Waals surface area contributed by atoms with Gasteiger partial charge in [-0.25, -0.2) is 4.79 Å². The van der Waals surface area contributed by atoms with Gasteiger partial charge < -0.3 is 14.4 Å². The Kier molecular flexibility index (Phi) is 5.25. The van der Waals surface area contributed by atoms with E-state index in [0.29, 0.717) is 22.9 Å². The van der Waals surface area contributed by atoms with E-state index in [4.69, 9.17) is 16.3 Å². The third-order valence-corrected chi connectivity index (χ3v) is 2.38. The lowest BCUT2D eigenvalue weighted by Crippen LogP contribution is -2.20. The van der Waals surface area contributed by atoms with E-state index < -0.39 is 5.97 Å². The Morgan fingerprint density at radius 2 is 2.12 bits per heavy atom. The molecule has 4 nitrogen and oxygen atoms in total. The van der Waals surface area contributed by atoms with Gasteiger partial charge in [-0.1, -0.05) is 11.6 Å². The molecule has 0 aromatic heterocycles. The summed E-state index contributed by atoms with van der Waals surface area (Å²) in [6.45, 7) is 1.24. The number of rotatable bonds is 5. The van der Waals surface area contributed by atoms with Crippen LogP contribution in [0.15, 0.2) is 18.2 Å². The highest BCUT2D eigenvalue weighted by molar-refractivity contribution is 6.30. The summed E-state index contributed by atoms with van der Waals surface area (Å²) in [5, 5.41) is 0.525. The van der Waals surface area contributed by atoms with Crippen molar-refractivity contribution in [1.82, 2.24) is 4.90 Å². The van der Waals surface area contributed by atoms with Gasteiger partial charge in [0.15, 0.2) is 0 Å². The molecule has 94 valence electrons. The van der Waals surface area contributed by atoms with Crippen molar-refractivity contribution >= 4 is 17.6 Å². The standard InChI is InChI=1S/C12H16ClNO3/c1-14(2)6-7-17-11-8-9(13)4-5-10(11)12(15)16-3/h4-5,8H,6-7H2,1-3H3. The zero-order valence-corrected chi connectivity index (χ0v) is 11.0. The molecule has 0 N–H and O–H groups in total. The van der Waals surface area contributed by atoms with E-state index in [9.17, 15) is 4.79 Å². The molecule has 0 saturated carbocycles. The fraction of sp³-hybridized carbons (Fsp3) is 0.417. The third kappa shape index (κ3) is 4.24. The summed E-state index contributed by atoms with van der Waals surface area (Å²) in [5.74, 6) is 0.0210. The minimum atomic E-state index is -0.429. The molecule has 17 heavy (non-hydrogen) atoms. The van der Waals surface area contributed by atoms with E-state index in [1.54, 1.807) is 18.2 Å². The van der Waals surface area contributed by atoms with Crippen LogP contribution in [0.1, 0.15) is 10.4 Å². The van der Waals surface area contributed by atoms with Crippen molar-refractivity contribution < 1.29 is 14.3 Å². The molecule has 0 saturated heterocycles. The molecular weight excluding hydrogens is 242 g/mol. The summed E-state index contributed by atoms with van der Waals surface area (Å²) in [5.41, 5.74) is 0.385. The molecule has 5 heteroatoms. The highest BCUT2D eigenvalue weighted by Crippen LogP contribution is 2.24. The molecule has 0 amide bonds. The second-order valence-electron chi connectivity index (χ2n) is 3.78. The van der Waals surface area contributed by atoms with Crippen LogP contribution in [0.25, 0.3) is 0 Å². The van der Waals surface area contributed by atoms with Crippen molar-refractivity contribution in [3.05, 3.63) is 28.8 Å². The molecule has 0 aliphatic heterocycles. The quantitative estimate of drug-likeness (QED) is 0.757. The first-order valence-corrected chi connectivity index (χ1v) is 5.57. The molecule has 1 aromatic rings. The van der Waals surface area contributed by atoms with Gasteiger partial charge in [0.1, 0.15) is 17.9 Å². The Labute approximate surface area is 106 Å². The topological polar surface area (TPSA) is 38.8 Å². The zero-order valence-electron chi connectivity index (χ0n) is 10.2. The van der Waals surface area contributed by atoms with Crippen LogP contribution >= 0.6 is 11.6 Å². The molecule has 1 rings (SSSR count). The monoisotopic (exact) mass is 257 g/mol. The number of hydrogen-bond donors (Lipinski definition) is 0. The number of benzene rings is 1. The predicted octanol–water partition coefficient (Wildman–Crippen LogP) is 2.07. The molecule has 0 bridgehead atoms. The van der Waals surface area contributed by atoms with Crippen molar-refractivity contribution in [2.75, 3.05) is 34.4 Å². The summed E-state index contributed by atoms with van der Waals surface area (Å²) >= 11 is 5.86. The van der Waals surface area contributed by atoms with E-state index in [0.717, 1.165) is 6.54 Å². The van der Waals surface area contributed by atoms with E-state index in [-0.39, 0.29) is 0 Å². The highest BCUT2D eigenvalue weighted by Gasteiger charge is 2.13. The van der Waals surface area contributed by atoms with Crippen LogP contribution in [0.2, 0.25) is 5.02 Å². The molecule has 1 aromatic carbocycles. The molecule has 0 radical (unpaired) electrons. The molecule has 0 aliphatic carbocycles. The third-order valence-electron chi connectivity index (χ3n) is 2.15. The van der Waals surface area contributed by atoms with Crippen LogP contribution in [0.5, 0.6) is 5.75 Å². The van der Waals surface area contributed by atoms with E-state index in [2.05, 4.69) is 4.74 Å². The van der Waals surface area contributed by atoms with Gasteiger partial charge in [-0.15, -0.1) is 0 Å². The summed E-state index contributed by atoms with van der Waals surface area (Å²) < 4.78 is 10.2. The van der Waals surface area contributed by atoms with Gasteiger partial charge >= 0.3 is 5.97 Å². The molecule has 0 aliphatic rings. The van der Waals surface area contributed by atoms with E-state index in [1.807, 2.05) is 19.0 Å². The van der Waals surface area contributed by atoms with Gasteiger partial charge in [-0.05, 0) is 32.3 Å². The number of ether oxygens (including phenoxy) is 2. The molecular formula is C12H16ClNO3. The van der Waals surface area contributed by atoms with Crippen molar-refractivity contribution in [2.45, 2.75) is 0 Å². The van der Waals surface area contributed by atoms with Gasteiger partial charge in [0, 0.05) is 11.6 Å². The zero-order chi connectivity index (χ0) is 12.8. The summed E-state index contributed by atoms with van der Waals surface area (Å²) in [6, 6.07) is 4.84. The molecule has 0 heterocycles. The van der Waals surface area contributed by atoms with Crippen LogP contribution < -0.4 is 4.74 Å². The number of likely N-dealkylation sites (N-methyl/N-ethyl adjacent to an activating group) is 1. The van der Waals surface area contributed by atoms with E-state index in [1.165, 1.54) is 7.11 Å². The Morgan fingerprint density at radius 3 is 2.71 bits per heavy atom. The van der Waals surface area contributed by atoms with E-state index >= 15 is 0 Å². The van der Waals surface area contributed by atoms with Crippen molar-refractivity contribution in [2.24, 2.45) is 0 Å². The van der Waals surface area contributed by atoms with Crippen molar-refractivity contribution in [1.29, 1.82) is 0 Å². The Balaban J connectivity index is 2.80. The van der Waals surface area contributed by atoms with Crippen LogP contribution in [0, 0.1) is 0 Å². The molecule has 0 atom stereocenters. The predicted molar refractivity (Wildman–Crippen MR) is 66.8 cm³/mol. The smallest absolute Gasteiger partial charge is 0.341 e. The Bertz CT molecular complexity index is 393. The second kappa shape index (κ2) is 6.47. The number of esters is 1. The molecule has 0 spiro atoms. The van der Waals surface area contributed by atoms with Gasteiger partial charge in [0.2, 0.25) is 0 Å². The number of nitrogens with zero attached hydrogens (tertiary/aromatic N) is 1. The maximum absolute atomic E-state index is 11.5. The fourth-order valence-electron chi connectivity index (χ4n) is 1.23. The lowest BCUT2D eigenvalue weighted by molar-refractivity contribution is 0.0595. The van der Waals surface area contributed by atoms with Crippen molar-refractivity contribution in [3.8, 4) is 5.75 Å². The van der Waals surface area contributed by atoms with Crippen LogP contribution in [-0.4, -0.2) is 45.2 Å². The van der Waals surface area contributed by atoms with Gasteiger partial charge in [0.25, 0.3) is 0 Å². The first kappa shape index (κ1) is 13.8. The second-order valence-corrected chi connectivity index (χ2v) is 4.22. The number of halogens is 1. The lowest BCUT2D eigenvalue weighted by atomic mass is 10.2. The van der Waals surface area contributed by atoms with Crippen LogP contribution in [0.3, 0.4) is 0 Å². The first-order chi connectivity index (χ1) is 8.04. The average Bonchev–Trinajstić information content (AvgIpc) is 2.28. The van der Waals surface area contributed by atoms with Gasteiger partial charge in [0.05, 0.1) is 7.11 Å². The Hall–Kier alpha value is -1.26. The minimum absolute atomic E-state index is 0.385. The Morgan fingerprint density at radius 1 is 1.41 bits per heavy atom. The summed E-state index contributed by atoms with van der Waals surface area (Å²) in [6.07, 6.45) is 0. The largest absolute Gasteiger partial charge is 0.491 e. The maximum atomic E-state index is 11.5. The van der Waals surface area contributed by atoms with Crippen LogP contribution in [-0.2, 0) is 4.74 Å². The first-order valence-electron chi connectivity index (χ1n) is 5.20. The highest BCUT2D eigenvalue weighted by atomic mass is 35.5. The van der Waals surface area contributed by atoms with Gasteiger partial charge in [-0.2, -0.15) is 0 Å². The number of hydrogen-bond acceptors (Lipinski definition) is 4. The van der Waals surface area contributed by atoms with Gasteiger partial charge in [-0.3, -0.25) is 0 Å². The van der Waals surface area contributed by atoms with Crippen LogP contribution in [0.4, 0.5) is 0 Å². The normalized spacial score (nSPS) is 10.4. The summed E-state index contributed by atoms with van der Waals surface area (Å²) in [4.78, 5) is 13.5. The number of methoxy groups -OCH3 is 1. The fourth-order valence-corrected chi connectivity index (χ4v) is 1.39. The van der Waals surface area contributed by atoms with Crippen molar-refractivity contribution in [3.63, 3.8) is 0 Å². The minimum Gasteiger partial charge on any atom is -0.491 e. The SMILES string of the molecule is COC(=O)c1ccc(Cl)cc1OCCN(C)C. The molecule has 0 fully saturated rings. The summed E-state index contributed by atoms with van der Waals surface area (Å²) in [7, 11) is 5.23. The average molecular weight is 258 g/mol. The molecule has 0 unspecified atom stereocenters. The lowest BCUT2D eigenvalue weighted by Gasteiger charge is -2.13. The number of carbonyl (C=O) groups is 1. The number of carbonyl (C=O) groups excluding carboxylic acids is 1. The maximum Gasteiger partial charge on any atom is 0.341 e.